The van der Waals surface area contributed by atoms with Crippen molar-refractivity contribution in [3.63, 3.8) is 0 Å². The molecule has 0 radical (unpaired) electrons. The van der Waals surface area contributed by atoms with Crippen molar-refractivity contribution in [3.05, 3.63) is 93.5 Å². The second-order valence-electron chi connectivity index (χ2n) is 12.1. The first-order valence-corrected chi connectivity index (χ1v) is 16.7. The summed E-state index contributed by atoms with van der Waals surface area (Å²) >= 11 is 12.4. The number of nitrogens with zero attached hydrogens (tertiary/aromatic N) is 1. The average molecular weight is 696 g/mol. The quantitative estimate of drug-likeness (QED) is 0.121. The summed E-state index contributed by atoms with van der Waals surface area (Å²) in [7, 11) is 0. The molecule has 0 spiro atoms. The number of likely N-dealkylation sites (tertiary alicyclic amines) is 1. The van der Waals surface area contributed by atoms with Crippen LogP contribution in [0, 0.1) is 24.7 Å². The number of carboxylic acid groups (broad SMARTS) is 1. The number of carbonyl (C=O) groups is 5. The monoisotopic (exact) mass is 694 g/mol. The maximum Gasteiger partial charge on any atom is 0.323 e. The number of carboxylic acids is 1. The molecule has 0 aromatic heterocycles. The van der Waals surface area contributed by atoms with Crippen molar-refractivity contribution in [2.24, 2.45) is 17.8 Å². The van der Waals surface area contributed by atoms with Crippen LogP contribution in [-0.2, 0) is 20.8 Å². The molecule has 1 unspecified atom stereocenters. The lowest BCUT2D eigenvalue weighted by atomic mass is 9.79. The first-order valence-electron chi connectivity index (χ1n) is 15.9. The molecule has 1 aliphatic rings. The molecule has 1 aliphatic heterocycles. The Labute approximate surface area is 290 Å². The zero-order chi connectivity index (χ0) is 35.0. The smallest absolute Gasteiger partial charge is 0.323 e. The summed E-state index contributed by atoms with van der Waals surface area (Å²) in [5.74, 6) is -4.52. The van der Waals surface area contributed by atoms with Gasteiger partial charge < -0.3 is 26.0 Å². The Morgan fingerprint density at radius 2 is 1.52 bits per heavy atom. The number of aliphatic carboxylic acids is 1. The summed E-state index contributed by atoms with van der Waals surface area (Å²) in [6.07, 6.45) is 1.26. The number of ketones is 1. The zero-order valence-electron chi connectivity index (χ0n) is 27.1. The number of hydrogen-bond donors (Lipinski definition) is 4. The molecular weight excluding hydrogens is 655 g/mol. The molecule has 254 valence electrons. The van der Waals surface area contributed by atoms with Crippen LogP contribution in [0.2, 0.25) is 10.0 Å². The van der Waals surface area contributed by atoms with Gasteiger partial charge in [-0.3, -0.25) is 19.2 Å². The van der Waals surface area contributed by atoms with Crippen molar-refractivity contribution >= 4 is 64.2 Å². The summed E-state index contributed by atoms with van der Waals surface area (Å²) in [4.78, 5) is 66.4. The molecule has 0 saturated carbocycles. The molecule has 1 heterocycles. The normalized spacial score (nSPS) is 15.1. The molecular formula is C36H40Cl2N4O6. The van der Waals surface area contributed by atoms with Gasteiger partial charge in [-0.1, -0.05) is 79.9 Å². The van der Waals surface area contributed by atoms with Crippen molar-refractivity contribution in [1.29, 1.82) is 0 Å². The molecule has 3 aromatic rings. The van der Waals surface area contributed by atoms with E-state index in [1.165, 1.54) is 12.1 Å². The van der Waals surface area contributed by atoms with Crippen molar-refractivity contribution in [2.45, 2.75) is 52.5 Å². The molecule has 3 atom stereocenters. The van der Waals surface area contributed by atoms with E-state index in [9.17, 15) is 29.1 Å². The van der Waals surface area contributed by atoms with Crippen molar-refractivity contribution in [1.82, 2.24) is 10.2 Å². The molecule has 4 amide bonds. The molecule has 3 aromatic carbocycles. The van der Waals surface area contributed by atoms with Crippen LogP contribution in [0.4, 0.5) is 16.2 Å². The summed E-state index contributed by atoms with van der Waals surface area (Å²) in [6.45, 7) is 6.22. The topological polar surface area (TPSA) is 145 Å². The summed E-state index contributed by atoms with van der Waals surface area (Å²) in [5.41, 5.74) is 2.89. The second-order valence-corrected chi connectivity index (χ2v) is 13.0. The van der Waals surface area contributed by atoms with E-state index < -0.39 is 29.6 Å². The number of nitrogens with one attached hydrogen (secondary N) is 3. The van der Waals surface area contributed by atoms with E-state index in [-0.39, 0.29) is 58.9 Å². The minimum atomic E-state index is -1.35. The minimum absolute atomic E-state index is 0.0131. The van der Waals surface area contributed by atoms with Gasteiger partial charge in [0.15, 0.2) is 5.78 Å². The number of amides is 4. The third kappa shape index (κ3) is 9.14. The van der Waals surface area contributed by atoms with Crippen LogP contribution in [0.25, 0.3) is 0 Å². The summed E-state index contributed by atoms with van der Waals surface area (Å²) in [6, 6.07) is 17.7. The zero-order valence-corrected chi connectivity index (χ0v) is 28.6. The lowest BCUT2D eigenvalue weighted by Gasteiger charge is -2.37. The number of benzene rings is 3. The highest BCUT2D eigenvalue weighted by Gasteiger charge is 2.40. The van der Waals surface area contributed by atoms with Gasteiger partial charge in [0, 0.05) is 24.5 Å². The third-order valence-electron chi connectivity index (χ3n) is 8.85. The fraction of sp³-hybridized carbons (Fsp3) is 0.361. The molecule has 1 fully saturated rings. The number of para-hydroxylation sites is 1. The number of Topliss-reactive ketones (excluding diaryl/α,β-unsaturated/α-hetero) is 1. The highest BCUT2D eigenvalue weighted by Crippen LogP contribution is 2.33. The van der Waals surface area contributed by atoms with Gasteiger partial charge in [-0.2, -0.15) is 0 Å². The maximum absolute atomic E-state index is 13.7. The van der Waals surface area contributed by atoms with E-state index in [4.69, 9.17) is 23.2 Å². The van der Waals surface area contributed by atoms with Crippen molar-refractivity contribution in [3.8, 4) is 0 Å². The number of piperidine rings is 1. The van der Waals surface area contributed by atoms with E-state index in [1.807, 2.05) is 45.0 Å². The lowest BCUT2D eigenvalue weighted by Crippen LogP contribution is -2.54. The first kappa shape index (κ1) is 36.4. The van der Waals surface area contributed by atoms with Crippen LogP contribution in [0.1, 0.15) is 54.6 Å². The highest BCUT2D eigenvalue weighted by atomic mass is 35.5. The van der Waals surface area contributed by atoms with Gasteiger partial charge >= 0.3 is 12.0 Å². The molecule has 1 saturated heterocycles. The maximum atomic E-state index is 13.7. The SMILES string of the molecule is CCC(C)[C@H](NC(=O)Cc1ccc(NC(=O)Nc2ccccc2C)cc1)C(=O)N1CCC([C@H](C(=O)O)C(=O)c2c(Cl)cccc2Cl)CC1. The summed E-state index contributed by atoms with van der Waals surface area (Å²) < 4.78 is 0. The number of halogens is 2. The van der Waals surface area contributed by atoms with Gasteiger partial charge in [0.1, 0.15) is 12.0 Å². The fourth-order valence-corrected chi connectivity index (χ4v) is 6.45. The van der Waals surface area contributed by atoms with Crippen LogP contribution in [0.5, 0.6) is 0 Å². The number of aryl methyl sites for hydroxylation is 1. The van der Waals surface area contributed by atoms with Crippen molar-refractivity contribution in [2.75, 3.05) is 23.7 Å². The minimum Gasteiger partial charge on any atom is -0.481 e. The van der Waals surface area contributed by atoms with Gasteiger partial charge in [0.2, 0.25) is 11.8 Å². The van der Waals surface area contributed by atoms with Crippen LogP contribution in [0.15, 0.2) is 66.7 Å². The lowest BCUT2D eigenvalue weighted by molar-refractivity contribution is -0.143. The standard InChI is InChI=1S/C36H40Cl2N4O6/c1-4-21(2)32(41-29(43)20-23-12-14-25(15-13-23)39-36(48)40-28-11-6-5-8-22(28)3)34(45)42-18-16-24(17-19-42)30(35(46)47)33(44)31-26(37)9-7-10-27(31)38/h5-15,21,24,30,32H,4,16-20H2,1-3H3,(H,41,43)(H,46,47)(H2,39,40,48)/t21?,30-,32-/m0/s1. The Kier molecular flexibility index (Phi) is 12.6. The predicted octanol–water partition coefficient (Wildman–Crippen LogP) is 6.84. The number of hydrogen-bond acceptors (Lipinski definition) is 5. The molecule has 10 nitrogen and oxygen atoms in total. The first-order chi connectivity index (χ1) is 22.9. The van der Waals surface area contributed by atoms with Crippen LogP contribution in [0.3, 0.4) is 0 Å². The summed E-state index contributed by atoms with van der Waals surface area (Å²) in [5, 5.41) is 18.7. The predicted molar refractivity (Wildman–Crippen MR) is 187 cm³/mol. The Hall–Kier alpha value is -4.41. The third-order valence-corrected chi connectivity index (χ3v) is 9.48. The van der Waals surface area contributed by atoms with Crippen LogP contribution >= 0.6 is 23.2 Å². The Bertz CT molecular complexity index is 1640. The highest BCUT2D eigenvalue weighted by molar-refractivity contribution is 6.40. The van der Waals surface area contributed by atoms with E-state index in [0.29, 0.717) is 36.2 Å². The number of urea groups is 1. The largest absolute Gasteiger partial charge is 0.481 e. The second kappa shape index (κ2) is 16.6. The number of carbonyl (C=O) groups excluding carboxylic acids is 4. The molecule has 0 bridgehead atoms. The van der Waals surface area contributed by atoms with Crippen LogP contribution < -0.4 is 16.0 Å². The molecule has 48 heavy (non-hydrogen) atoms. The molecule has 12 heteroatoms. The number of rotatable bonds is 12. The van der Waals surface area contributed by atoms with Gasteiger partial charge in [-0.25, -0.2) is 4.79 Å². The van der Waals surface area contributed by atoms with Gasteiger partial charge in [0.25, 0.3) is 0 Å². The van der Waals surface area contributed by atoms with E-state index >= 15 is 0 Å². The Morgan fingerprint density at radius 1 is 0.896 bits per heavy atom. The molecule has 4 rings (SSSR count). The molecule has 0 aliphatic carbocycles. The Morgan fingerprint density at radius 3 is 2.10 bits per heavy atom. The van der Waals surface area contributed by atoms with Crippen molar-refractivity contribution < 1.29 is 29.1 Å². The van der Waals surface area contributed by atoms with Gasteiger partial charge in [-0.05, 0) is 73.1 Å². The average Bonchev–Trinajstić information content (AvgIpc) is 3.05. The van der Waals surface area contributed by atoms with E-state index in [1.54, 1.807) is 35.2 Å². The van der Waals surface area contributed by atoms with Gasteiger partial charge in [-0.15, -0.1) is 0 Å². The van der Waals surface area contributed by atoms with Crippen LogP contribution in [-0.4, -0.2) is 58.7 Å². The van der Waals surface area contributed by atoms with E-state index in [0.717, 1.165) is 5.56 Å². The molecule has 4 N–H and O–H groups in total. The van der Waals surface area contributed by atoms with E-state index in [2.05, 4.69) is 16.0 Å². The fourth-order valence-electron chi connectivity index (χ4n) is 5.86. The van der Waals surface area contributed by atoms with Gasteiger partial charge in [0.05, 0.1) is 22.0 Å². The Balaban J connectivity index is 1.34. The number of anilines is 2.